The van der Waals surface area contributed by atoms with Crippen molar-refractivity contribution in [3.8, 4) is 0 Å². The first-order valence-electron chi connectivity index (χ1n) is 5.51. The van der Waals surface area contributed by atoms with Crippen LogP contribution in [0.5, 0.6) is 0 Å². The Morgan fingerprint density at radius 3 is 2.71 bits per heavy atom. The van der Waals surface area contributed by atoms with Crippen LogP contribution in [0.3, 0.4) is 0 Å². The Morgan fingerprint density at radius 1 is 1.35 bits per heavy atom. The van der Waals surface area contributed by atoms with Gasteiger partial charge in [-0.15, -0.1) is 0 Å². The van der Waals surface area contributed by atoms with Crippen molar-refractivity contribution in [2.24, 2.45) is 7.05 Å². The number of hydrogen-bond acceptors (Lipinski definition) is 4. The van der Waals surface area contributed by atoms with Crippen LogP contribution in [0.25, 0.3) is 0 Å². The molecule has 0 aliphatic heterocycles. The minimum atomic E-state index is 0.686. The Kier molecular flexibility index (Phi) is 2.99. The van der Waals surface area contributed by atoms with Crippen molar-refractivity contribution in [3.63, 3.8) is 0 Å². The van der Waals surface area contributed by atoms with E-state index in [0.717, 1.165) is 23.6 Å². The van der Waals surface area contributed by atoms with Gasteiger partial charge in [-0.1, -0.05) is 0 Å². The van der Waals surface area contributed by atoms with E-state index >= 15 is 0 Å². The third-order valence-corrected chi connectivity index (χ3v) is 2.88. The summed E-state index contributed by atoms with van der Waals surface area (Å²) in [6.07, 6.45) is 3.53. The predicted octanol–water partition coefficient (Wildman–Crippen LogP) is 1.63. The Bertz CT molecular complexity index is 530. The number of pyridine rings is 1. The first-order valence-corrected chi connectivity index (χ1v) is 5.51. The van der Waals surface area contributed by atoms with Gasteiger partial charge in [0.15, 0.2) is 0 Å². The van der Waals surface area contributed by atoms with Gasteiger partial charge < -0.3 is 11.1 Å². The van der Waals surface area contributed by atoms with Gasteiger partial charge in [0.25, 0.3) is 0 Å². The van der Waals surface area contributed by atoms with Crippen LogP contribution in [0.4, 0.5) is 11.5 Å². The van der Waals surface area contributed by atoms with Crippen LogP contribution >= 0.6 is 0 Å². The van der Waals surface area contributed by atoms with Crippen LogP contribution in [-0.2, 0) is 13.6 Å². The summed E-state index contributed by atoms with van der Waals surface area (Å²) in [7, 11) is 1.94. The van der Waals surface area contributed by atoms with Crippen molar-refractivity contribution in [1.29, 1.82) is 0 Å². The van der Waals surface area contributed by atoms with Gasteiger partial charge in [0.1, 0.15) is 5.82 Å². The van der Waals surface area contributed by atoms with E-state index in [1.807, 2.05) is 37.8 Å². The molecule has 0 aliphatic rings. The molecule has 2 aromatic heterocycles. The molecule has 0 aliphatic carbocycles. The summed E-state index contributed by atoms with van der Waals surface area (Å²) < 4.78 is 1.86. The van der Waals surface area contributed by atoms with E-state index in [-0.39, 0.29) is 0 Å². The summed E-state index contributed by atoms with van der Waals surface area (Å²) in [5.74, 6) is 0.863. The molecule has 2 heterocycles. The summed E-state index contributed by atoms with van der Waals surface area (Å²) in [6.45, 7) is 4.76. The fourth-order valence-corrected chi connectivity index (χ4v) is 1.68. The minimum Gasteiger partial charge on any atom is -0.397 e. The zero-order valence-electron chi connectivity index (χ0n) is 10.4. The number of anilines is 2. The highest BCUT2D eigenvalue weighted by Crippen LogP contribution is 2.15. The number of rotatable bonds is 3. The Hall–Kier alpha value is -2.04. The van der Waals surface area contributed by atoms with Crippen molar-refractivity contribution in [1.82, 2.24) is 14.8 Å². The average Bonchev–Trinajstić information content (AvgIpc) is 2.59. The van der Waals surface area contributed by atoms with Crippen molar-refractivity contribution < 1.29 is 0 Å². The van der Waals surface area contributed by atoms with Gasteiger partial charge in [-0.2, -0.15) is 5.10 Å². The maximum Gasteiger partial charge on any atom is 0.129 e. The van der Waals surface area contributed by atoms with Gasteiger partial charge in [0, 0.05) is 24.8 Å². The highest BCUT2D eigenvalue weighted by Gasteiger charge is 2.05. The maximum atomic E-state index is 5.66. The molecule has 0 atom stereocenters. The van der Waals surface area contributed by atoms with Crippen molar-refractivity contribution >= 4 is 11.5 Å². The lowest BCUT2D eigenvalue weighted by molar-refractivity contribution is 0.738. The highest BCUT2D eigenvalue weighted by atomic mass is 15.3. The predicted molar refractivity (Wildman–Crippen MR) is 68.7 cm³/mol. The summed E-state index contributed by atoms with van der Waals surface area (Å²) in [4.78, 5) is 4.27. The van der Waals surface area contributed by atoms with Gasteiger partial charge in [-0.05, 0) is 25.5 Å². The second-order valence-electron chi connectivity index (χ2n) is 4.17. The van der Waals surface area contributed by atoms with Crippen LogP contribution in [0.2, 0.25) is 0 Å². The summed E-state index contributed by atoms with van der Waals surface area (Å²) in [5, 5.41) is 7.49. The highest BCUT2D eigenvalue weighted by molar-refractivity contribution is 5.51. The zero-order chi connectivity index (χ0) is 12.4. The molecule has 0 saturated heterocycles. The van der Waals surface area contributed by atoms with Crippen molar-refractivity contribution in [3.05, 3.63) is 35.3 Å². The number of nitrogens with one attached hydrogen (secondary N) is 1. The topological polar surface area (TPSA) is 68.8 Å². The lowest BCUT2D eigenvalue weighted by Gasteiger charge is -2.08. The smallest absolute Gasteiger partial charge is 0.129 e. The number of aromatic nitrogens is 3. The molecule has 5 heteroatoms. The van der Waals surface area contributed by atoms with E-state index in [9.17, 15) is 0 Å². The number of nitrogens with zero attached hydrogens (tertiary/aromatic N) is 3. The summed E-state index contributed by atoms with van der Waals surface area (Å²) in [5.41, 5.74) is 9.72. The molecule has 0 spiro atoms. The lowest BCUT2D eigenvalue weighted by atomic mass is 10.2. The third-order valence-electron chi connectivity index (χ3n) is 2.88. The molecule has 0 bridgehead atoms. The molecule has 0 unspecified atom stereocenters. The third kappa shape index (κ3) is 2.38. The average molecular weight is 231 g/mol. The number of nitrogen functional groups attached to an aromatic ring is 1. The molecular formula is C12H17N5. The Labute approximate surface area is 101 Å². The van der Waals surface area contributed by atoms with E-state index in [0.29, 0.717) is 5.69 Å². The van der Waals surface area contributed by atoms with Gasteiger partial charge in [-0.25, -0.2) is 4.98 Å². The van der Waals surface area contributed by atoms with E-state index in [2.05, 4.69) is 15.4 Å². The fourth-order valence-electron chi connectivity index (χ4n) is 1.68. The Morgan fingerprint density at radius 2 is 2.12 bits per heavy atom. The first kappa shape index (κ1) is 11.4. The number of hydrogen-bond donors (Lipinski definition) is 2. The second-order valence-corrected chi connectivity index (χ2v) is 4.17. The minimum absolute atomic E-state index is 0.686. The molecule has 0 amide bonds. The molecule has 3 N–H and O–H groups in total. The quantitative estimate of drug-likeness (QED) is 0.842. The van der Waals surface area contributed by atoms with E-state index in [4.69, 9.17) is 5.73 Å². The van der Waals surface area contributed by atoms with Crippen LogP contribution in [0.1, 0.15) is 16.8 Å². The molecule has 5 nitrogen and oxygen atoms in total. The second kappa shape index (κ2) is 4.45. The van der Waals surface area contributed by atoms with Gasteiger partial charge in [-0.3, -0.25) is 4.68 Å². The maximum absolute atomic E-state index is 5.66. The van der Waals surface area contributed by atoms with Crippen LogP contribution in [-0.4, -0.2) is 14.8 Å². The largest absolute Gasteiger partial charge is 0.397 e. The summed E-state index contributed by atoms with van der Waals surface area (Å²) in [6, 6.07) is 1.91. The molecule has 17 heavy (non-hydrogen) atoms. The lowest BCUT2D eigenvalue weighted by Crippen LogP contribution is -2.05. The zero-order valence-corrected chi connectivity index (χ0v) is 10.4. The van der Waals surface area contributed by atoms with Crippen LogP contribution < -0.4 is 11.1 Å². The molecule has 0 radical (unpaired) electrons. The number of aryl methyl sites for hydroxylation is 2. The van der Waals surface area contributed by atoms with Gasteiger partial charge in [0.2, 0.25) is 0 Å². The van der Waals surface area contributed by atoms with Crippen molar-refractivity contribution in [2.75, 3.05) is 11.1 Å². The Balaban J connectivity index is 2.10. The van der Waals surface area contributed by atoms with Crippen LogP contribution in [0, 0.1) is 13.8 Å². The molecule has 0 fully saturated rings. The standard InChI is InChI=1S/C12H17N5/c1-8-4-11(13)7-15-12(8)14-5-10-6-16-17(3)9(10)2/h4,6-7H,5,13H2,1-3H3,(H,14,15). The monoisotopic (exact) mass is 231 g/mol. The SMILES string of the molecule is Cc1cc(N)cnc1NCc1cnn(C)c1C. The molecule has 0 aromatic carbocycles. The molecule has 0 saturated carbocycles. The van der Waals surface area contributed by atoms with E-state index in [1.54, 1.807) is 6.20 Å². The van der Waals surface area contributed by atoms with Gasteiger partial charge >= 0.3 is 0 Å². The molecule has 2 aromatic rings. The van der Waals surface area contributed by atoms with Crippen molar-refractivity contribution in [2.45, 2.75) is 20.4 Å². The molecular weight excluding hydrogens is 214 g/mol. The normalized spacial score (nSPS) is 10.5. The van der Waals surface area contributed by atoms with Gasteiger partial charge in [0.05, 0.1) is 18.1 Å². The van der Waals surface area contributed by atoms with Crippen LogP contribution in [0.15, 0.2) is 18.5 Å². The fraction of sp³-hybridized carbons (Fsp3) is 0.333. The first-order chi connectivity index (χ1) is 8.08. The molecule has 2 rings (SSSR count). The van der Waals surface area contributed by atoms with E-state index < -0.39 is 0 Å². The number of nitrogens with two attached hydrogens (primary N) is 1. The molecule has 90 valence electrons. The summed E-state index contributed by atoms with van der Waals surface area (Å²) >= 11 is 0. The van der Waals surface area contributed by atoms with E-state index in [1.165, 1.54) is 5.56 Å².